The minimum absolute atomic E-state index is 0.0231. The van der Waals surface area contributed by atoms with E-state index in [2.05, 4.69) is 5.32 Å². The molecule has 0 aromatic heterocycles. The number of nitrogens with one attached hydrogen (secondary N) is 1. The molecule has 0 saturated carbocycles. The summed E-state index contributed by atoms with van der Waals surface area (Å²) in [6.07, 6.45) is 1.24. The third kappa shape index (κ3) is 4.76. The van der Waals surface area contributed by atoms with Gasteiger partial charge >= 0.3 is 0 Å². The molecule has 0 aliphatic carbocycles. The molecule has 5 heteroatoms. The maximum atomic E-state index is 11.7. The molecule has 1 aromatic rings. The van der Waals surface area contributed by atoms with Gasteiger partial charge in [0.05, 0.1) is 12.3 Å². The van der Waals surface area contributed by atoms with Crippen LogP contribution in [0.5, 0.6) is 0 Å². The van der Waals surface area contributed by atoms with Crippen LogP contribution in [0, 0.1) is 0 Å². The van der Waals surface area contributed by atoms with Crippen molar-refractivity contribution in [1.29, 1.82) is 0 Å². The monoisotopic (exact) mass is 283 g/mol. The first-order valence-corrected chi connectivity index (χ1v) is 8.18. The second-order valence-corrected chi connectivity index (χ2v) is 7.63. The highest BCUT2D eigenvalue weighted by atomic mass is 32.2. The lowest BCUT2D eigenvalue weighted by Gasteiger charge is -2.24. The molecule has 0 saturated heterocycles. The van der Waals surface area contributed by atoms with Crippen LogP contribution in [-0.2, 0) is 15.3 Å². The third-order valence-electron chi connectivity index (χ3n) is 2.95. The number of rotatable bonds is 6. The van der Waals surface area contributed by atoms with Crippen LogP contribution in [0.25, 0.3) is 0 Å². The second-order valence-electron chi connectivity index (χ2n) is 5.48. The number of sulfone groups is 1. The van der Waals surface area contributed by atoms with Crippen molar-refractivity contribution in [2.45, 2.75) is 19.3 Å². The minimum Gasteiger partial charge on any atom is -0.313 e. The molecule has 0 aliphatic rings. The van der Waals surface area contributed by atoms with E-state index in [0.29, 0.717) is 12.1 Å². The van der Waals surface area contributed by atoms with Crippen LogP contribution in [-0.4, -0.2) is 39.8 Å². The molecule has 0 atom stereocenters. The Balaban J connectivity index is 2.95. The molecule has 19 heavy (non-hydrogen) atoms. The zero-order valence-corrected chi connectivity index (χ0v) is 12.7. The van der Waals surface area contributed by atoms with Crippen molar-refractivity contribution < 1.29 is 13.2 Å². The van der Waals surface area contributed by atoms with Gasteiger partial charge in [-0.1, -0.05) is 38.1 Å². The summed E-state index contributed by atoms with van der Waals surface area (Å²) in [6, 6.07) is 7.15. The van der Waals surface area contributed by atoms with E-state index in [9.17, 15) is 13.2 Å². The van der Waals surface area contributed by atoms with E-state index in [1.165, 1.54) is 6.26 Å². The van der Waals surface area contributed by atoms with Crippen LogP contribution in [0.1, 0.15) is 29.8 Å². The fourth-order valence-corrected chi connectivity index (χ4v) is 3.59. The molecule has 1 N–H and O–H groups in total. The number of likely N-dealkylation sites (N-methyl/N-ethyl adjacent to an activating group) is 1. The molecule has 0 fully saturated rings. The van der Waals surface area contributed by atoms with Crippen molar-refractivity contribution in [3.63, 3.8) is 0 Å². The van der Waals surface area contributed by atoms with Crippen molar-refractivity contribution in [1.82, 2.24) is 5.32 Å². The summed E-state index contributed by atoms with van der Waals surface area (Å²) in [4.78, 5) is 11.7. The maximum Gasteiger partial charge on any atom is 0.176 e. The van der Waals surface area contributed by atoms with E-state index >= 15 is 0 Å². The number of Topliss-reactive ketones (excluding diaryl/α,β-unsaturated/α-hetero) is 1. The lowest BCUT2D eigenvalue weighted by molar-refractivity contribution is 0.0993. The summed E-state index contributed by atoms with van der Waals surface area (Å²) in [6.45, 7) is 4.07. The third-order valence-corrected chi connectivity index (χ3v) is 4.19. The molecule has 1 rings (SSSR count). The molecule has 0 heterocycles. The number of hydrogen-bond acceptors (Lipinski definition) is 4. The highest BCUT2D eigenvalue weighted by Gasteiger charge is 2.25. The standard InChI is InChI=1S/C14H21NO3S/c1-14(2,10-19(4,17)18)12-7-5-11(6-8-12)13(16)9-15-3/h5-8,15H,9-10H2,1-4H3. The molecule has 106 valence electrons. The fraction of sp³-hybridized carbons (Fsp3) is 0.500. The molecule has 0 unspecified atom stereocenters. The molecule has 1 aromatic carbocycles. The smallest absolute Gasteiger partial charge is 0.176 e. The normalized spacial score (nSPS) is 12.4. The summed E-state index contributed by atoms with van der Waals surface area (Å²) in [5.41, 5.74) is 1.09. The zero-order valence-electron chi connectivity index (χ0n) is 11.9. The predicted molar refractivity (Wildman–Crippen MR) is 77.4 cm³/mol. The van der Waals surface area contributed by atoms with Crippen LogP contribution >= 0.6 is 0 Å². The lowest BCUT2D eigenvalue weighted by Crippen LogP contribution is -2.27. The average molecular weight is 283 g/mol. The van der Waals surface area contributed by atoms with Gasteiger partial charge in [-0.3, -0.25) is 4.79 Å². The number of carbonyl (C=O) groups excluding carboxylic acids is 1. The molecule has 0 bridgehead atoms. The number of ketones is 1. The van der Waals surface area contributed by atoms with Gasteiger partial charge in [0.1, 0.15) is 9.84 Å². The van der Waals surface area contributed by atoms with Gasteiger partial charge in [0.15, 0.2) is 5.78 Å². The summed E-state index contributed by atoms with van der Waals surface area (Å²) in [5, 5.41) is 2.81. The first-order valence-electron chi connectivity index (χ1n) is 6.12. The Morgan fingerprint density at radius 3 is 2.16 bits per heavy atom. The van der Waals surface area contributed by atoms with Crippen molar-refractivity contribution in [2.24, 2.45) is 0 Å². The van der Waals surface area contributed by atoms with Crippen LogP contribution in [0.3, 0.4) is 0 Å². The Bertz CT molecular complexity index is 545. The van der Waals surface area contributed by atoms with Crippen LogP contribution in [0.15, 0.2) is 24.3 Å². The fourth-order valence-electron chi connectivity index (χ4n) is 2.11. The summed E-state index contributed by atoms with van der Waals surface area (Å²) < 4.78 is 22.8. The van der Waals surface area contributed by atoms with Gasteiger partial charge in [-0.2, -0.15) is 0 Å². The van der Waals surface area contributed by atoms with Gasteiger partial charge in [-0.05, 0) is 12.6 Å². The molecule has 0 radical (unpaired) electrons. The van der Waals surface area contributed by atoms with E-state index in [-0.39, 0.29) is 11.5 Å². The topological polar surface area (TPSA) is 63.2 Å². The van der Waals surface area contributed by atoms with E-state index in [0.717, 1.165) is 5.56 Å². The average Bonchev–Trinajstić information content (AvgIpc) is 2.26. The molecule has 0 amide bonds. The quantitative estimate of drug-likeness (QED) is 0.802. The Kier molecular flexibility index (Phi) is 4.87. The summed E-state index contributed by atoms with van der Waals surface area (Å²) in [5.74, 6) is 0.110. The minimum atomic E-state index is -3.04. The van der Waals surface area contributed by atoms with Crippen molar-refractivity contribution in [3.8, 4) is 0 Å². The van der Waals surface area contributed by atoms with Gasteiger partial charge in [-0.15, -0.1) is 0 Å². The number of hydrogen-bond donors (Lipinski definition) is 1. The Morgan fingerprint density at radius 1 is 1.21 bits per heavy atom. The van der Waals surface area contributed by atoms with Gasteiger partial charge in [-0.25, -0.2) is 8.42 Å². The van der Waals surface area contributed by atoms with Crippen molar-refractivity contribution >= 4 is 15.6 Å². The molecular formula is C14H21NO3S. The molecule has 4 nitrogen and oxygen atoms in total. The SMILES string of the molecule is CNCC(=O)c1ccc(C(C)(C)CS(C)(=O)=O)cc1. The zero-order chi connectivity index (χ0) is 14.7. The Morgan fingerprint density at radius 2 is 1.74 bits per heavy atom. The van der Waals surface area contributed by atoms with Crippen LogP contribution in [0.4, 0.5) is 0 Å². The Labute approximate surface area is 115 Å². The first kappa shape index (κ1) is 15.9. The van der Waals surface area contributed by atoms with Crippen LogP contribution in [0.2, 0.25) is 0 Å². The molecular weight excluding hydrogens is 262 g/mol. The largest absolute Gasteiger partial charge is 0.313 e. The van der Waals surface area contributed by atoms with Gasteiger partial charge in [0.2, 0.25) is 0 Å². The number of carbonyl (C=O) groups is 1. The highest BCUT2D eigenvalue weighted by Crippen LogP contribution is 2.25. The van der Waals surface area contributed by atoms with Gasteiger partial charge in [0.25, 0.3) is 0 Å². The van der Waals surface area contributed by atoms with Crippen molar-refractivity contribution in [2.75, 3.05) is 25.6 Å². The second kappa shape index (κ2) is 5.84. The molecule has 0 aliphatic heterocycles. The van der Waals surface area contributed by atoms with E-state index < -0.39 is 15.3 Å². The highest BCUT2D eigenvalue weighted by molar-refractivity contribution is 7.90. The van der Waals surface area contributed by atoms with Gasteiger partial charge < -0.3 is 5.32 Å². The van der Waals surface area contributed by atoms with Gasteiger partial charge in [0, 0.05) is 17.2 Å². The maximum absolute atomic E-state index is 11.7. The van der Waals surface area contributed by atoms with E-state index in [1.807, 2.05) is 26.0 Å². The summed E-state index contributed by atoms with van der Waals surface area (Å²) >= 11 is 0. The lowest BCUT2D eigenvalue weighted by atomic mass is 9.86. The number of benzene rings is 1. The summed E-state index contributed by atoms with van der Waals surface area (Å²) in [7, 11) is -1.32. The van der Waals surface area contributed by atoms with E-state index in [4.69, 9.17) is 0 Å². The van der Waals surface area contributed by atoms with E-state index in [1.54, 1.807) is 19.2 Å². The molecule has 0 spiro atoms. The first-order chi connectivity index (χ1) is 8.65. The van der Waals surface area contributed by atoms with Crippen molar-refractivity contribution in [3.05, 3.63) is 35.4 Å². The van der Waals surface area contributed by atoms with Crippen LogP contribution < -0.4 is 5.32 Å². The predicted octanol–water partition coefficient (Wildman–Crippen LogP) is 1.41. The Hall–Kier alpha value is -1.20.